The van der Waals surface area contributed by atoms with Crippen LogP contribution in [0, 0.1) is 0 Å². The van der Waals surface area contributed by atoms with Crippen molar-refractivity contribution in [3.8, 4) is 5.75 Å². The Kier molecular flexibility index (Phi) is 2.30. The van der Waals surface area contributed by atoms with E-state index in [9.17, 15) is 5.11 Å². The molecule has 0 atom stereocenters. The minimum absolute atomic E-state index is 0.440. The van der Waals surface area contributed by atoms with Gasteiger partial charge in [-0.1, -0.05) is 19.1 Å². The largest absolute Gasteiger partial charge is 0.506 e. The smallest absolute Gasteiger partial charge is 0.136 e. The van der Waals surface area contributed by atoms with E-state index in [-0.39, 0.29) is 0 Å². The van der Waals surface area contributed by atoms with E-state index in [1.54, 1.807) is 11.3 Å². The topological polar surface area (TPSA) is 20.2 Å². The number of thiophene rings is 1. The molecule has 68 valence electrons. The fourth-order valence-corrected chi connectivity index (χ4v) is 3.02. The molecule has 1 aromatic heterocycles. The number of hydrogen-bond acceptors (Lipinski definition) is 2. The molecule has 1 N–H and O–H groups in total. The van der Waals surface area contributed by atoms with Crippen molar-refractivity contribution in [2.45, 2.75) is 13.3 Å². The highest BCUT2D eigenvalue weighted by Crippen LogP contribution is 2.38. The van der Waals surface area contributed by atoms with E-state index >= 15 is 0 Å². The molecule has 2 aromatic rings. The van der Waals surface area contributed by atoms with Gasteiger partial charge in [0.25, 0.3) is 0 Å². The molecule has 13 heavy (non-hydrogen) atoms. The fourth-order valence-electron chi connectivity index (χ4n) is 1.38. The van der Waals surface area contributed by atoms with Gasteiger partial charge < -0.3 is 5.11 Å². The van der Waals surface area contributed by atoms with Gasteiger partial charge in [-0.3, -0.25) is 0 Å². The van der Waals surface area contributed by atoms with Gasteiger partial charge in [-0.2, -0.15) is 0 Å². The molecule has 1 nitrogen and oxygen atoms in total. The first-order valence-corrected chi connectivity index (χ1v) is 5.79. The predicted molar refractivity (Wildman–Crippen MR) is 60.6 cm³/mol. The van der Waals surface area contributed by atoms with Crippen molar-refractivity contribution in [1.29, 1.82) is 0 Å². The number of phenols is 1. The lowest BCUT2D eigenvalue weighted by molar-refractivity contribution is 0.476. The number of hydrogen-bond donors (Lipinski definition) is 1. The van der Waals surface area contributed by atoms with Gasteiger partial charge in [0.15, 0.2) is 0 Å². The standard InChI is InChI=1S/C10H9BrOS/c1-2-6-3-4-7-8(11)5-13-10(7)9(6)12/h3-5,12H,2H2,1H3. The molecule has 1 heterocycles. The maximum absolute atomic E-state index is 9.85. The summed E-state index contributed by atoms with van der Waals surface area (Å²) in [5.41, 5.74) is 1.02. The van der Waals surface area contributed by atoms with Crippen LogP contribution in [0.5, 0.6) is 5.75 Å². The Labute approximate surface area is 89.1 Å². The summed E-state index contributed by atoms with van der Waals surface area (Å²) < 4.78 is 2.04. The average Bonchev–Trinajstić information content (AvgIpc) is 2.50. The van der Waals surface area contributed by atoms with Crippen molar-refractivity contribution >= 4 is 37.4 Å². The molecule has 3 heteroatoms. The molecule has 0 aliphatic rings. The van der Waals surface area contributed by atoms with E-state index in [1.807, 2.05) is 18.4 Å². The molecule has 0 aliphatic heterocycles. The number of aryl methyl sites for hydroxylation is 1. The summed E-state index contributed by atoms with van der Waals surface area (Å²) in [5.74, 6) is 0.440. The van der Waals surface area contributed by atoms with Crippen molar-refractivity contribution in [2.24, 2.45) is 0 Å². The van der Waals surface area contributed by atoms with Crippen LogP contribution in [0.4, 0.5) is 0 Å². The fraction of sp³-hybridized carbons (Fsp3) is 0.200. The van der Waals surface area contributed by atoms with Gasteiger partial charge in [-0.15, -0.1) is 11.3 Å². The van der Waals surface area contributed by atoms with Crippen molar-refractivity contribution < 1.29 is 5.11 Å². The van der Waals surface area contributed by atoms with Crippen LogP contribution in [0.25, 0.3) is 10.1 Å². The first-order chi connectivity index (χ1) is 6.24. The number of benzene rings is 1. The van der Waals surface area contributed by atoms with Gasteiger partial charge in [0.05, 0.1) is 4.70 Å². The zero-order valence-corrected chi connectivity index (χ0v) is 9.58. The minimum atomic E-state index is 0.440. The highest BCUT2D eigenvalue weighted by molar-refractivity contribution is 9.10. The SMILES string of the molecule is CCc1ccc2c(Br)csc2c1O. The van der Waals surface area contributed by atoms with Gasteiger partial charge in [0.1, 0.15) is 5.75 Å². The highest BCUT2D eigenvalue weighted by atomic mass is 79.9. The average molecular weight is 257 g/mol. The molecular formula is C10H9BrOS. The number of halogens is 1. The Hall–Kier alpha value is -0.540. The van der Waals surface area contributed by atoms with Gasteiger partial charge >= 0.3 is 0 Å². The summed E-state index contributed by atoms with van der Waals surface area (Å²) in [6.07, 6.45) is 0.872. The Morgan fingerprint density at radius 1 is 1.46 bits per heavy atom. The summed E-state index contributed by atoms with van der Waals surface area (Å²) >= 11 is 5.02. The molecule has 0 aliphatic carbocycles. The molecule has 0 spiro atoms. The second-order valence-electron chi connectivity index (χ2n) is 2.89. The molecule has 0 unspecified atom stereocenters. The number of phenolic OH excluding ortho intramolecular Hbond substituents is 1. The normalized spacial score (nSPS) is 10.9. The number of aromatic hydroxyl groups is 1. The Morgan fingerprint density at radius 3 is 2.92 bits per heavy atom. The quantitative estimate of drug-likeness (QED) is 0.820. The predicted octanol–water partition coefficient (Wildman–Crippen LogP) is 3.93. The third-order valence-electron chi connectivity index (χ3n) is 2.13. The van der Waals surface area contributed by atoms with Gasteiger partial charge in [-0.05, 0) is 27.9 Å². The van der Waals surface area contributed by atoms with Crippen molar-refractivity contribution in [3.05, 3.63) is 27.5 Å². The molecule has 0 fully saturated rings. The maximum Gasteiger partial charge on any atom is 0.136 e. The summed E-state index contributed by atoms with van der Waals surface area (Å²) in [5, 5.41) is 13.0. The molecular weight excluding hydrogens is 248 g/mol. The summed E-state index contributed by atoms with van der Waals surface area (Å²) in [7, 11) is 0. The van der Waals surface area contributed by atoms with Crippen LogP contribution >= 0.6 is 27.3 Å². The van der Waals surface area contributed by atoms with Crippen LogP contribution < -0.4 is 0 Å². The second kappa shape index (κ2) is 3.31. The van der Waals surface area contributed by atoms with Crippen molar-refractivity contribution in [1.82, 2.24) is 0 Å². The molecule has 1 aromatic carbocycles. The summed E-state index contributed by atoms with van der Waals surface area (Å²) in [6.45, 7) is 2.05. The van der Waals surface area contributed by atoms with Crippen LogP contribution in [0.2, 0.25) is 0 Å². The van der Waals surface area contributed by atoms with Crippen molar-refractivity contribution in [2.75, 3.05) is 0 Å². The van der Waals surface area contributed by atoms with Crippen LogP contribution in [0.1, 0.15) is 12.5 Å². The van der Waals surface area contributed by atoms with E-state index in [4.69, 9.17) is 0 Å². The van der Waals surface area contributed by atoms with Crippen LogP contribution in [-0.2, 0) is 6.42 Å². The summed E-state index contributed by atoms with van der Waals surface area (Å²) in [4.78, 5) is 0. The van der Waals surface area contributed by atoms with Crippen LogP contribution in [0.3, 0.4) is 0 Å². The van der Waals surface area contributed by atoms with Gasteiger partial charge in [-0.25, -0.2) is 0 Å². The maximum atomic E-state index is 9.85. The number of rotatable bonds is 1. The minimum Gasteiger partial charge on any atom is -0.506 e. The molecule has 0 saturated heterocycles. The Balaban J connectivity index is 2.80. The molecule has 2 rings (SSSR count). The monoisotopic (exact) mass is 256 g/mol. The Bertz CT molecular complexity index is 447. The van der Waals surface area contributed by atoms with Gasteiger partial charge in [0, 0.05) is 15.2 Å². The van der Waals surface area contributed by atoms with E-state index in [0.29, 0.717) is 5.75 Å². The Morgan fingerprint density at radius 2 is 2.23 bits per heavy atom. The zero-order valence-electron chi connectivity index (χ0n) is 7.17. The zero-order chi connectivity index (χ0) is 9.42. The molecule has 0 bridgehead atoms. The first-order valence-electron chi connectivity index (χ1n) is 4.11. The lowest BCUT2D eigenvalue weighted by Crippen LogP contribution is -1.80. The van der Waals surface area contributed by atoms with E-state index < -0.39 is 0 Å². The van der Waals surface area contributed by atoms with Crippen LogP contribution in [-0.4, -0.2) is 5.11 Å². The third-order valence-corrected chi connectivity index (χ3v) is 4.10. The molecule has 0 saturated carbocycles. The van der Waals surface area contributed by atoms with E-state index in [0.717, 1.165) is 26.5 Å². The van der Waals surface area contributed by atoms with Crippen molar-refractivity contribution in [3.63, 3.8) is 0 Å². The molecule has 0 radical (unpaired) electrons. The second-order valence-corrected chi connectivity index (χ2v) is 4.62. The third kappa shape index (κ3) is 1.36. The summed E-state index contributed by atoms with van der Waals surface area (Å²) in [6, 6.07) is 4.03. The number of fused-ring (bicyclic) bond motifs is 1. The first kappa shape index (κ1) is 9.03. The van der Waals surface area contributed by atoms with Gasteiger partial charge in [0.2, 0.25) is 0 Å². The van der Waals surface area contributed by atoms with E-state index in [2.05, 4.69) is 22.0 Å². The van der Waals surface area contributed by atoms with E-state index in [1.165, 1.54) is 0 Å². The lowest BCUT2D eigenvalue weighted by Gasteiger charge is -2.01. The highest BCUT2D eigenvalue weighted by Gasteiger charge is 2.08. The molecule has 0 amide bonds. The van der Waals surface area contributed by atoms with Crippen LogP contribution in [0.15, 0.2) is 22.0 Å². The lowest BCUT2D eigenvalue weighted by atomic mass is 10.1.